The molecule has 1 saturated carbocycles. The van der Waals surface area contributed by atoms with Crippen molar-refractivity contribution < 1.29 is 12.8 Å². The lowest BCUT2D eigenvalue weighted by Gasteiger charge is -2.25. The standard InChI is InChI=1S/C16H26N2O3S/c1-13-11-15(13)16-8-7-14(21-16)12-17(2)22(19,20)18-9-5-3-4-6-10-18/h7-8,13,15H,3-6,9-12H2,1-2H3. The first kappa shape index (κ1) is 16.0. The molecule has 1 aliphatic carbocycles. The summed E-state index contributed by atoms with van der Waals surface area (Å²) >= 11 is 0. The van der Waals surface area contributed by atoms with Crippen LogP contribution < -0.4 is 0 Å². The Morgan fingerprint density at radius 1 is 1.23 bits per heavy atom. The summed E-state index contributed by atoms with van der Waals surface area (Å²) in [7, 11) is -1.74. The second-order valence-corrected chi connectivity index (χ2v) is 8.74. The van der Waals surface area contributed by atoms with Gasteiger partial charge in [0, 0.05) is 26.1 Å². The molecule has 2 heterocycles. The fourth-order valence-electron chi connectivity index (χ4n) is 3.17. The summed E-state index contributed by atoms with van der Waals surface area (Å²) < 4.78 is 34.2. The van der Waals surface area contributed by atoms with Crippen LogP contribution in [-0.2, 0) is 16.8 Å². The molecule has 0 N–H and O–H groups in total. The van der Waals surface area contributed by atoms with Gasteiger partial charge in [-0.3, -0.25) is 0 Å². The van der Waals surface area contributed by atoms with Gasteiger partial charge in [0.15, 0.2) is 0 Å². The minimum Gasteiger partial charge on any atom is -0.464 e. The van der Waals surface area contributed by atoms with Gasteiger partial charge in [-0.05, 0) is 37.3 Å². The van der Waals surface area contributed by atoms with Gasteiger partial charge in [0.1, 0.15) is 11.5 Å². The molecule has 2 atom stereocenters. The van der Waals surface area contributed by atoms with Gasteiger partial charge < -0.3 is 4.42 Å². The summed E-state index contributed by atoms with van der Waals surface area (Å²) in [6.07, 6.45) is 5.33. The quantitative estimate of drug-likeness (QED) is 0.836. The van der Waals surface area contributed by atoms with Crippen molar-refractivity contribution in [3.63, 3.8) is 0 Å². The maximum Gasteiger partial charge on any atom is 0.282 e. The highest BCUT2D eigenvalue weighted by atomic mass is 32.2. The maximum absolute atomic E-state index is 12.7. The van der Waals surface area contributed by atoms with Gasteiger partial charge in [-0.25, -0.2) is 0 Å². The Hall–Kier alpha value is -0.850. The van der Waals surface area contributed by atoms with Crippen molar-refractivity contribution in [1.29, 1.82) is 0 Å². The zero-order valence-electron chi connectivity index (χ0n) is 13.5. The molecule has 0 radical (unpaired) electrons. The van der Waals surface area contributed by atoms with E-state index in [1.165, 1.54) is 10.7 Å². The average molecular weight is 326 g/mol. The van der Waals surface area contributed by atoms with E-state index in [2.05, 4.69) is 6.92 Å². The van der Waals surface area contributed by atoms with E-state index >= 15 is 0 Å². The van der Waals surface area contributed by atoms with E-state index in [0.717, 1.165) is 37.2 Å². The Balaban J connectivity index is 1.64. The van der Waals surface area contributed by atoms with Crippen molar-refractivity contribution in [2.45, 2.75) is 51.5 Å². The Morgan fingerprint density at radius 3 is 2.45 bits per heavy atom. The fraction of sp³-hybridized carbons (Fsp3) is 0.750. The van der Waals surface area contributed by atoms with E-state index < -0.39 is 10.2 Å². The lowest BCUT2D eigenvalue weighted by Crippen LogP contribution is -2.41. The molecule has 0 amide bonds. The summed E-state index contributed by atoms with van der Waals surface area (Å²) in [5.41, 5.74) is 0. The molecule has 1 aromatic rings. The lowest BCUT2D eigenvalue weighted by molar-refractivity contribution is 0.341. The topological polar surface area (TPSA) is 53.8 Å². The highest BCUT2D eigenvalue weighted by Gasteiger charge is 2.37. The molecule has 0 bridgehead atoms. The molecule has 1 aromatic heterocycles. The molecule has 124 valence electrons. The molecular weight excluding hydrogens is 300 g/mol. The van der Waals surface area contributed by atoms with Crippen molar-refractivity contribution in [1.82, 2.24) is 8.61 Å². The van der Waals surface area contributed by atoms with Gasteiger partial charge in [0.05, 0.1) is 6.54 Å². The predicted molar refractivity (Wildman–Crippen MR) is 85.7 cm³/mol. The van der Waals surface area contributed by atoms with E-state index in [9.17, 15) is 8.42 Å². The van der Waals surface area contributed by atoms with Crippen LogP contribution in [0.3, 0.4) is 0 Å². The third kappa shape index (κ3) is 3.39. The van der Waals surface area contributed by atoms with Crippen LogP contribution in [-0.4, -0.2) is 37.2 Å². The molecule has 2 aliphatic rings. The first-order valence-corrected chi connectivity index (χ1v) is 9.68. The van der Waals surface area contributed by atoms with Gasteiger partial charge in [-0.2, -0.15) is 17.0 Å². The van der Waals surface area contributed by atoms with Gasteiger partial charge in [0.25, 0.3) is 10.2 Å². The summed E-state index contributed by atoms with van der Waals surface area (Å²) in [4.78, 5) is 0. The molecule has 3 rings (SSSR count). The van der Waals surface area contributed by atoms with Crippen molar-refractivity contribution >= 4 is 10.2 Å². The van der Waals surface area contributed by atoms with Crippen LogP contribution >= 0.6 is 0 Å². The van der Waals surface area contributed by atoms with Gasteiger partial charge in [-0.1, -0.05) is 19.8 Å². The van der Waals surface area contributed by atoms with Crippen molar-refractivity contribution in [2.75, 3.05) is 20.1 Å². The van der Waals surface area contributed by atoms with E-state index in [4.69, 9.17) is 4.42 Å². The molecule has 5 nitrogen and oxygen atoms in total. The molecule has 2 unspecified atom stereocenters. The molecule has 6 heteroatoms. The van der Waals surface area contributed by atoms with Gasteiger partial charge >= 0.3 is 0 Å². The lowest BCUT2D eigenvalue weighted by atomic mass is 10.2. The Bertz CT molecular complexity index is 603. The Kier molecular flexibility index (Phi) is 4.61. The van der Waals surface area contributed by atoms with Crippen LogP contribution in [0.2, 0.25) is 0 Å². The fourth-order valence-corrected chi connectivity index (χ4v) is 4.57. The SMILES string of the molecule is CC1CC1c1ccc(CN(C)S(=O)(=O)N2CCCCCC2)o1. The monoisotopic (exact) mass is 326 g/mol. The normalized spacial score (nSPS) is 27.0. The number of nitrogens with zero attached hydrogens (tertiary/aromatic N) is 2. The number of rotatable bonds is 5. The highest BCUT2D eigenvalue weighted by molar-refractivity contribution is 7.86. The smallest absolute Gasteiger partial charge is 0.282 e. The second-order valence-electron chi connectivity index (χ2n) is 6.70. The van der Waals surface area contributed by atoms with Crippen molar-refractivity contribution in [2.24, 2.45) is 5.92 Å². The maximum atomic E-state index is 12.7. The van der Waals surface area contributed by atoms with E-state index in [-0.39, 0.29) is 0 Å². The van der Waals surface area contributed by atoms with Gasteiger partial charge in [0.2, 0.25) is 0 Å². The van der Waals surface area contributed by atoms with E-state index in [1.54, 1.807) is 11.4 Å². The largest absolute Gasteiger partial charge is 0.464 e. The summed E-state index contributed by atoms with van der Waals surface area (Å²) in [5, 5.41) is 0. The Labute approximate surface area is 133 Å². The van der Waals surface area contributed by atoms with Crippen LogP contribution in [0.5, 0.6) is 0 Å². The van der Waals surface area contributed by atoms with Crippen LogP contribution in [0.4, 0.5) is 0 Å². The molecule has 2 fully saturated rings. The summed E-state index contributed by atoms with van der Waals surface area (Å²) in [6.45, 7) is 3.79. The number of hydrogen-bond donors (Lipinski definition) is 0. The zero-order chi connectivity index (χ0) is 15.7. The summed E-state index contributed by atoms with van der Waals surface area (Å²) in [6, 6.07) is 3.91. The third-order valence-electron chi connectivity index (χ3n) is 4.82. The van der Waals surface area contributed by atoms with Crippen LogP contribution in [0, 0.1) is 5.92 Å². The molecule has 0 aromatic carbocycles. The van der Waals surface area contributed by atoms with Crippen LogP contribution in [0.15, 0.2) is 16.5 Å². The van der Waals surface area contributed by atoms with Crippen LogP contribution in [0.1, 0.15) is 56.5 Å². The molecular formula is C16H26N2O3S. The minimum absolute atomic E-state index is 0.305. The van der Waals surface area contributed by atoms with E-state index in [0.29, 0.717) is 31.5 Å². The second kappa shape index (κ2) is 6.34. The first-order chi connectivity index (χ1) is 10.5. The zero-order valence-corrected chi connectivity index (χ0v) is 14.3. The molecule has 1 aliphatic heterocycles. The molecule has 0 spiro atoms. The van der Waals surface area contributed by atoms with Crippen molar-refractivity contribution in [3.05, 3.63) is 23.7 Å². The molecule has 22 heavy (non-hydrogen) atoms. The first-order valence-electron chi connectivity index (χ1n) is 8.28. The number of furan rings is 1. The van der Waals surface area contributed by atoms with Crippen molar-refractivity contribution in [3.8, 4) is 0 Å². The molecule has 1 saturated heterocycles. The van der Waals surface area contributed by atoms with E-state index in [1.807, 2.05) is 12.1 Å². The predicted octanol–water partition coefficient (Wildman–Crippen LogP) is 2.96. The van der Waals surface area contributed by atoms with Gasteiger partial charge in [-0.15, -0.1) is 0 Å². The highest BCUT2D eigenvalue weighted by Crippen LogP contribution is 2.47. The minimum atomic E-state index is -3.38. The Morgan fingerprint density at radius 2 is 1.86 bits per heavy atom. The summed E-state index contributed by atoms with van der Waals surface area (Å²) in [5.74, 6) is 2.96. The average Bonchev–Trinajstić information content (AvgIpc) is 3.14. The third-order valence-corrected chi connectivity index (χ3v) is 6.76. The number of hydrogen-bond acceptors (Lipinski definition) is 3. The van der Waals surface area contributed by atoms with Crippen LogP contribution in [0.25, 0.3) is 0 Å².